The van der Waals surface area contributed by atoms with Crippen LogP contribution >= 0.6 is 27.7 Å². The number of morpholine rings is 1. The zero-order valence-corrected chi connectivity index (χ0v) is 12.5. The first-order valence-corrected chi connectivity index (χ1v) is 7.57. The molecule has 18 heavy (non-hydrogen) atoms. The first-order valence-electron chi connectivity index (χ1n) is 5.63. The van der Waals surface area contributed by atoms with Crippen molar-refractivity contribution in [1.29, 1.82) is 0 Å². The quantitative estimate of drug-likeness (QED) is 0.771. The van der Waals surface area contributed by atoms with E-state index in [4.69, 9.17) is 4.74 Å². The molecule has 1 heterocycles. The van der Waals surface area contributed by atoms with Crippen LogP contribution in [-0.4, -0.2) is 61.1 Å². The number of rotatable bonds is 6. The number of carbonyl (C=O) groups is 2. The molecule has 1 aliphatic rings. The summed E-state index contributed by atoms with van der Waals surface area (Å²) in [6.07, 6.45) is 0. The Balaban J connectivity index is 2.10. The van der Waals surface area contributed by atoms with Crippen LogP contribution in [0.25, 0.3) is 0 Å². The summed E-state index contributed by atoms with van der Waals surface area (Å²) in [5.41, 5.74) is 0. The van der Waals surface area contributed by atoms with Gasteiger partial charge in [-0.25, -0.2) is 0 Å². The fourth-order valence-corrected chi connectivity index (χ4v) is 2.27. The van der Waals surface area contributed by atoms with Gasteiger partial charge in [0, 0.05) is 24.1 Å². The first kappa shape index (κ1) is 15.5. The number of thioether (sulfide) groups is 1. The van der Waals surface area contributed by atoms with Crippen molar-refractivity contribution in [1.82, 2.24) is 10.2 Å². The van der Waals surface area contributed by atoms with Crippen LogP contribution in [0.5, 0.6) is 0 Å². The maximum absolute atomic E-state index is 11.7. The second kappa shape index (κ2) is 8.55. The van der Waals surface area contributed by atoms with E-state index in [-0.39, 0.29) is 17.6 Å². The molecule has 102 valence electrons. The number of ether oxygens (including phenoxy) is 1. The van der Waals surface area contributed by atoms with Crippen molar-refractivity contribution < 1.29 is 14.3 Å². The average molecular weight is 337 g/mol. The molecule has 1 aliphatic heterocycles. The molecule has 0 aromatic carbocycles. The van der Waals surface area contributed by atoms with E-state index < -0.39 is 0 Å². The molecule has 7 heteroatoms. The standard InChI is InChI=1S/C11H17BrN2O3S/c1-9(12)6-13-10(15)7-18-8-11(16)14-2-4-17-5-3-14/h1-8H2,(H,13,15). The van der Waals surface area contributed by atoms with Gasteiger partial charge in [-0.3, -0.25) is 9.59 Å². The lowest BCUT2D eigenvalue weighted by Crippen LogP contribution is -2.41. The van der Waals surface area contributed by atoms with Crippen molar-refractivity contribution in [2.45, 2.75) is 0 Å². The third-order valence-electron chi connectivity index (χ3n) is 2.30. The number of hydrogen-bond acceptors (Lipinski definition) is 4. The van der Waals surface area contributed by atoms with Crippen LogP contribution in [-0.2, 0) is 14.3 Å². The lowest BCUT2D eigenvalue weighted by Gasteiger charge is -2.26. The number of nitrogens with zero attached hydrogens (tertiary/aromatic N) is 1. The molecule has 1 fully saturated rings. The Morgan fingerprint density at radius 2 is 2.00 bits per heavy atom. The topological polar surface area (TPSA) is 58.6 Å². The Morgan fingerprint density at radius 3 is 2.61 bits per heavy atom. The van der Waals surface area contributed by atoms with Crippen LogP contribution < -0.4 is 5.32 Å². The fourth-order valence-electron chi connectivity index (χ4n) is 1.38. The van der Waals surface area contributed by atoms with Gasteiger partial charge in [-0.2, -0.15) is 0 Å². The zero-order chi connectivity index (χ0) is 13.4. The normalized spacial score (nSPS) is 15.3. The molecule has 0 saturated carbocycles. The molecule has 2 amide bonds. The molecule has 0 aromatic heterocycles. The third kappa shape index (κ3) is 6.42. The molecule has 0 bridgehead atoms. The van der Waals surface area contributed by atoms with Gasteiger partial charge in [0.25, 0.3) is 0 Å². The third-order valence-corrected chi connectivity index (χ3v) is 3.50. The van der Waals surface area contributed by atoms with Crippen LogP contribution in [0, 0.1) is 0 Å². The van der Waals surface area contributed by atoms with Gasteiger partial charge in [0.15, 0.2) is 0 Å². The second-order valence-electron chi connectivity index (χ2n) is 3.78. The van der Waals surface area contributed by atoms with Crippen LogP contribution in [0.2, 0.25) is 0 Å². The number of amides is 2. The minimum absolute atomic E-state index is 0.0704. The molecular formula is C11H17BrN2O3S. The lowest BCUT2D eigenvalue weighted by molar-refractivity contribution is -0.132. The molecule has 0 aliphatic carbocycles. The summed E-state index contributed by atoms with van der Waals surface area (Å²) in [5, 5.41) is 2.68. The molecule has 0 unspecified atom stereocenters. The van der Waals surface area contributed by atoms with E-state index in [1.54, 1.807) is 4.90 Å². The van der Waals surface area contributed by atoms with E-state index in [0.717, 1.165) is 4.48 Å². The van der Waals surface area contributed by atoms with Crippen molar-refractivity contribution >= 4 is 39.5 Å². The highest BCUT2D eigenvalue weighted by Crippen LogP contribution is 2.05. The molecule has 1 N–H and O–H groups in total. The summed E-state index contributed by atoms with van der Waals surface area (Å²) in [6, 6.07) is 0. The molecular weight excluding hydrogens is 320 g/mol. The molecule has 0 spiro atoms. The number of nitrogens with one attached hydrogen (secondary N) is 1. The maximum Gasteiger partial charge on any atom is 0.232 e. The van der Waals surface area contributed by atoms with Crippen molar-refractivity contribution in [2.24, 2.45) is 0 Å². The summed E-state index contributed by atoms with van der Waals surface area (Å²) in [6.45, 7) is 6.53. The number of carbonyl (C=O) groups excluding carboxylic acids is 2. The Labute approximate surface area is 119 Å². The van der Waals surface area contributed by atoms with Crippen molar-refractivity contribution in [3.63, 3.8) is 0 Å². The van der Waals surface area contributed by atoms with Gasteiger partial charge in [-0.15, -0.1) is 11.8 Å². The Hall–Kier alpha value is -0.530. The van der Waals surface area contributed by atoms with Crippen LogP contribution in [0.15, 0.2) is 11.1 Å². The van der Waals surface area contributed by atoms with Gasteiger partial charge < -0.3 is 15.0 Å². The maximum atomic E-state index is 11.7. The van der Waals surface area contributed by atoms with Gasteiger partial charge >= 0.3 is 0 Å². The predicted octanol–water partition coefficient (Wildman–Crippen LogP) is 0.603. The van der Waals surface area contributed by atoms with Gasteiger partial charge in [-0.05, 0) is 0 Å². The molecule has 1 saturated heterocycles. The first-order chi connectivity index (χ1) is 8.59. The Bertz CT molecular complexity index is 319. The molecule has 5 nitrogen and oxygen atoms in total. The lowest BCUT2D eigenvalue weighted by atomic mass is 10.4. The summed E-state index contributed by atoms with van der Waals surface area (Å²) in [4.78, 5) is 24.9. The van der Waals surface area contributed by atoms with E-state index >= 15 is 0 Å². The highest BCUT2D eigenvalue weighted by molar-refractivity contribution is 9.11. The van der Waals surface area contributed by atoms with Crippen LogP contribution in [0.4, 0.5) is 0 Å². The summed E-state index contributed by atoms with van der Waals surface area (Å²) < 4.78 is 5.90. The van der Waals surface area contributed by atoms with E-state index in [1.165, 1.54) is 11.8 Å². The molecule has 0 radical (unpaired) electrons. The molecule has 0 atom stereocenters. The largest absolute Gasteiger partial charge is 0.378 e. The van der Waals surface area contributed by atoms with Crippen molar-refractivity contribution in [3.05, 3.63) is 11.1 Å². The summed E-state index contributed by atoms with van der Waals surface area (Å²) >= 11 is 4.48. The number of halogens is 1. The summed E-state index contributed by atoms with van der Waals surface area (Å²) in [7, 11) is 0. The van der Waals surface area contributed by atoms with E-state index in [0.29, 0.717) is 38.6 Å². The smallest absolute Gasteiger partial charge is 0.232 e. The monoisotopic (exact) mass is 336 g/mol. The van der Waals surface area contributed by atoms with Crippen LogP contribution in [0.3, 0.4) is 0 Å². The highest BCUT2D eigenvalue weighted by atomic mass is 79.9. The van der Waals surface area contributed by atoms with E-state index in [2.05, 4.69) is 27.8 Å². The number of hydrogen-bond donors (Lipinski definition) is 1. The van der Waals surface area contributed by atoms with Crippen LogP contribution in [0.1, 0.15) is 0 Å². The van der Waals surface area contributed by atoms with Gasteiger partial charge in [-0.1, -0.05) is 22.5 Å². The minimum atomic E-state index is -0.0876. The fraction of sp³-hybridized carbons (Fsp3) is 0.636. The van der Waals surface area contributed by atoms with Crippen molar-refractivity contribution in [2.75, 3.05) is 44.4 Å². The van der Waals surface area contributed by atoms with Gasteiger partial charge in [0.1, 0.15) is 0 Å². The van der Waals surface area contributed by atoms with E-state index in [9.17, 15) is 9.59 Å². The molecule has 1 rings (SSSR count). The highest BCUT2D eigenvalue weighted by Gasteiger charge is 2.16. The Morgan fingerprint density at radius 1 is 1.33 bits per heavy atom. The van der Waals surface area contributed by atoms with Gasteiger partial charge in [0.05, 0.1) is 24.7 Å². The summed E-state index contributed by atoms with van der Waals surface area (Å²) in [5.74, 6) is 0.607. The van der Waals surface area contributed by atoms with Crippen molar-refractivity contribution in [3.8, 4) is 0 Å². The van der Waals surface area contributed by atoms with E-state index in [1.807, 2.05) is 0 Å². The minimum Gasteiger partial charge on any atom is -0.378 e. The average Bonchev–Trinajstić information content (AvgIpc) is 2.37. The second-order valence-corrected chi connectivity index (χ2v) is 5.89. The SMILES string of the molecule is C=C(Br)CNC(=O)CSCC(=O)N1CCOCC1. The van der Waals surface area contributed by atoms with Gasteiger partial charge in [0.2, 0.25) is 11.8 Å². The molecule has 0 aromatic rings. The predicted molar refractivity (Wildman–Crippen MR) is 75.8 cm³/mol. The Kier molecular flexibility index (Phi) is 7.38. The zero-order valence-electron chi connectivity index (χ0n) is 10.1.